The van der Waals surface area contributed by atoms with E-state index < -0.39 is 0 Å². The van der Waals surface area contributed by atoms with Gasteiger partial charge in [-0.1, -0.05) is 214 Å². The first-order chi connectivity index (χ1) is 30.5. The molecule has 0 spiro atoms. The van der Waals surface area contributed by atoms with E-state index in [0.717, 1.165) is 17.1 Å². The summed E-state index contributed by atoms with van der Waals surface area (Å²) in [6.07, 6.45) is 0. The lowest BCUT2D eigenvalue weighted by atomic mass is 9.82. The van der Waals surface area contributed by atoms with Crippen LogP contribution in [0.15, 0.2) is 237 Å². The van der Waals surface area contributed by atoms with Gasteiger partial charge < -0.3 is 4.90 Å². The van der Waals surface area contributed by atoms with Crippen molar-refractivity contribution < 1.29 is 0 Å². The molecule has 0 radical (unpaired) electrons. The van der Waals surface area contributed by atoms with E-state index in [1.807, 2.05) is 0 Å². The van der Waals surface area contributed by atoms with Gasteiger partial charge in [-0.15, -0.1) is 0 Å². The normalized spacial score (nSPS) is 12.5. The Balaban J connectivity index is 1.10. The number of benzene rings is 10. The van der Waals surface area contributed by atoms with Gasteiger partial charge in [0.05, 0.1) is 5.69 Å². The Labute approximate surface area is 364 Å². The number of rotatable bonds is 8. The summed E-state index contributed by atoms with van der Waals surface area (Å²) in [5.74, 6) is 0. The second kappa shape index (κ2) is 15.4. The minimum absolute atomic E-state index is 0.130. The maximum Gasteiger partial charge on any atom is 0.0540 e. The van der Waals surface area contributed by atoms with Crippen LogP contribution < -0.4 is 4.90 Å². The standard InChI is InChI=1S/C61H45N/c1-61(2)57-38-34-47(42-18-6-3-7-19-42)40-55(57)56-41-49(37-39-58(56)61)62(59-31-15-14-28-54(59)53-27-13-12-26-50(53)43-20-8-4-9-21-43)48-35-32-45(33-36-48)52-30-17-25-46-24-16-29-51(60(46)52)44-22-10-5-11-23-44/h3-41H,1-2H3. The molecule has 0 N–H and O–H groups in total. The van der Waals surface area contributed by atoms with Crippen LogP contribution in [0.3, 0.4) is 0 Å². The largest absolute Gasteiger partial charge is 0.310 e. The summed E-state index contributed by atoms with van der Waals surface area (Å²) in [4.78, 5) is 2.46. The van der Waals surface area contributed by atoms with E-state index in [1.165, 1.54) is 88.7 Å². The van der Waals surface area contributed by atoms with Gasteiger partial charge in [-0.25, -0.2) is 0 Å². The molecule has 0 fully saturated rings. The third-order valence-corrected chi connectivity index (χ3v) is 12.9. The van der Waals surface area contributed by atoms with Crippen LogP contribution >= 0.6 is 0 Å². The van der Waals surface area contributed by atoms with Crippen molar-refractivity contribution in [3.05, 3.63) is 248 Å². The number of hydrogen-bond donors (Lipinski definition) is 0. The molecule has 0 saturated carbocycles. The Morgan fingerprint density at radius 1 is 0.290 bits per heavy atom. The molecule has 0 aliphatic heterocycles. The highest BCUT2D eigenvalue weighted by Gasteiger charge is 2.36. The summed E-state index contributed by atoms with van der Waals surface area (Å²) in [6.45, 7) is 4.73. The Bertz CT molecular complexity index is 3230. The Morgan fingerprint density at radius 2 is 0.742 bits per heavy atom. The Hall–Kier alpha value is -7.74. The van der Waals surface area contributed by atoms with Crippen molar-refractivity contribution >= 4 is 27.8 Å². The van der Waals surface area contributed by atoms with Crippen LogP contribution in [0.5, 0.6) is 0 Å². The van der Waals surface area contributed by atoms with Crippen LogP contribution in [0.2, 0.25) is 0 Å². The van der Waals surface area contributed by atoms with Gasteiger partial charge in [0.15, 0.2) is 0 Å². The molecule has 10 aromatic rings. The quantitative estimate of drug-likeness (QED) is 0.148. The lowest BCUT2D eigenvalue weighted by Crippen LogP contribution is -2.15. The number of fused-ring (bicyclic) bond motifs is 4. The zero-order chi connectivity index (χ0) is 41.6. The van der Waals surface area contributed by atoms with Gasteiger partial charge in [-0.3, -0.25) is 0 Å². The third kappa shape index (κ3) is 6.42. The molecular weight excluding hydrogens is 747 g/mol. The number of para-hydroxylation sites is 1. The van der Waals surface area contributed by atoms with Gasteiger partial charge in [0.2, 0.25) is 0 Å². The second-order valence-electron chi connectivity index (χ2n) is 16.9. The lowest BCUT2D eigenvalue weighted by Gasteiger charge is -2.29. The first-order valence-corrected chi connectivity index (χ1v) is 21.6. The highest BCUT2D eigenvalue weighted by atomic mass is 15.1. The summed E-state index contributed by atoms with van der Waals surface area (Å²) in [6, 6.07) is 86.6. The van der Waals surface area contributed by atoms with Crippen LogP contribution in [0.1, 0.15) is 25.0 Å². The average Bonchev–Trinajstić information content (AvgIpc) is 3.57. The van der Waals surface area contributed by atoms with Gasteiger partial charge in [0, 0.05) is 22.4 Å². The number of nitrogens with zero attached hydrogens (tertiary/aromatic N) is 1. The molecule has 0 aromatic heterocycles. The number of hydrogen-bond acceptors (Lipinski definition) is 1. The molecule has 0 amide bonds. The van der Waals surface area contributed by atoms with Gasteiger partial charge >= 0.3 is 0 Å². The fourth-order valence-corrected chi connectivity index (χ4v) is 9.85. The molecule has 294 valence electrons. The van der Waals surface area contributed by atoms with Crippen molar-refractivity contribution in [3.8, 4) is 66.8 Å². The third-order valence-electron chi connectivity index (χ3n) is 12.9. The molecule has 0 saturated heterocycles. The second-order valence-corrected chi connectivity index (χ2v) is 16.9. The first kappa shape index (κ1) is 37.3. The summed E-state index contributed by atoms with van der Waals surface area (Å²) in [5, 5.41) is 2.50. The first-order valence-electron chi connectivity index (χ1n) is 21.6. The highest BCUT2D eigenvalue weighted by Crippen LogP contribution is 2.52. The van der Waals surface area contributed by atoms with E-state index in [0.29, 0.717) is 0 Å². The number of anilines is 3. The molecule has 1 heteroatoms. The van der Waals surface area contributed by atoms with E-state index in [-0.39, 0.29) is 5.41 Å². The topological polar surface area (TPSA) is 3.24 Å². The molecule has 11 rings (SSSR count). The molecule has 0 atom stereocenters. The molecule has 1 aliphatic carbocycles. The van der Waals surface area contributed by atoms with Crippen LogP contribution in [0.25, 0.3) is 77.5 Å². The molecule has 0 unspecified atom stereocenters. The van der Waals surface area contributed by atoms with Crippen LogP contribution in [-0.4, -0.2) is 0 Å². The van der Waals surface area contributed by atoms with Crippen molar-refractivity contribution in [1.29, 1.82) is 0 Å². The smallest absolute Gasteiger partial charge is 0.0540 e. The minimum Gasteiger partial charge on any atom is -0.310 e. The van der Waals surface area contributed by atoms with Crippen molar-refractivity contribution in [2.75, 3.05) is 4.90 Å². The summed E-state index contributed by atoms with van der Waals surface area (Å²) in [7, 11) is 0. The van der Waals surface area contributed by atoms with E-state index in [1.54, 1.807) is 0 Å². The van der Waals surface area contributed by atoms with Gasteiger partial charge in [0.25, 0.3) is 0 Å². The van der Waals surface area contributed by atoms with Crippen LogP contribution in [0, 0.1) is 0 Å². The van der Waals surface area contributed by atoms with Gasteiger partial charge in [-0.05, 0) is 119 Å². The summed E-state index contributed by atoms with van der Waals surface area (Å²) in [5.41, 5.74) is 20.6. The Morgan fingerprint density at radius 3 is 1.39 bits per heavy atom. The van der Waals surface area contributed by atoms with E-state index in [4.69, 9.17) is 0 Å². The molecule has 0 heterocycles. The molecule has 62 heavy (non-hydrogen) atoms. The predicted molar refractivity (Wildman–Crippen MR) is 263 cm³/mol. The van der Waals surface area contributed by atoms with Crippen LogP contribution in [-0.2, 0) is 5.41 Å². The van der Waals surface area contributed by atoms with E-state index >= 15 is 0 Å². The minimum atomic E-state index is -0.130. The SMILES string of the molecule is CC1(C)c2ccc(-c3ccccc3)cc2-c2cc(N(c3ccc(-c4cccc5cccc(-c6ccccc6)c45)cc3)c3ccccc3-c3ccccc3-c3ccccc3)ccc21. The zero-order valence-electron chi connectivity index (χ0n) is 35.0. The fourth-order valence-electron chi connectivity index (χ4n) is 9.85. The van der Waals surface area contributed by atoms with Crippen LogP contribution in [0.4, 0.5) is 17.1 Å². The molecule has 10 aromatic carbocycles. The highest BCUT2D eigenvalue weighted by molar-refractivity contribution is 6.06. The maximum atomic E-state index is 2.46. The van der Waals surface area contributed by atoms with Gasteiger partial charge in [0.1, 0.15) is 0 Å². The van der Waals surface area contributed by atoms with Crippen molar-refractivity contribution in [2.45, 2.75) is 19.3 Å². The zero-order valence-corrected chi connectivity index (χ0v) is 35.0. The monoisotopic (exact) mass is 791 g/mol. The van der Waals surface area contributed by atoms with Crippen molar-refractivity contribution in [2.24, 2.45) is 0 Å². The molecule has 1 nitrogen and oxygen atoms in total. The summed E-state index contributed by atoms with van der Waals surface area (Å²) < 4.78 is 0. The maximum absolute atomic E-state index is 2.46. The van der Waals surface area contributed by atoms with Crippen molar-refractivity contribution in [3.63, 3.8) is 0 Å². The molecule has 0 bridgehead atoms. The van der Waals surface area contributed by atoms with Gasteiger partial charge in [-0.2, -0.15) is 0 Å². The lowest BCUT2D eigenvalue weighted by molar-refractivity contribution is 0.660. The summed E-state index contributed by atoms with van der Waals surface area (Å²) >= 11 is 0. The molecular formula is C61H45N. The predicted octanol–water partition coefficient (Wildman–Crippen LogP) is 17.0. The van der Waals surface area contributed by atoms with Crippen molar-refractivity contribution in [1.82, 2.24) is 0 Å². The average molecular weight is 792 g/mol. The molecule has 1 aliphatic rings. The van der Waals surface area contributed by atoms with E-state index in [2.05, 4.69) is 255 Å². The fraction of sp³-hybridized carbons (Fsp3) is 0.0492. The Kier molecular flexibility index (Phi) is 9.24. The van der Waals surface area contributed by atoms with E-state index in [9.17, 15) is 0 Å².